The highest BCUT2D eigenvalue weighted by Gasteiger charge is 2.10. The Hall–Kier alpha value is -1.13. The van der Waals surface area contributed by atoms with Gasteiger partial charge in [-0.25, -0.2) is 0 Å². The molecule has 0 aliphatic heterocycles. The molecule has 2 rings (SSSR count). The molecule has 15 heavy (non-hydrogen) atoms. The Balaban J connectivity index is 2.07. The fraction of sp³-hybridized carbons (Fsp3) is 0.182. The summed E-state index contributed by atoms with van der Waals surface area (Å²) >= 11 is 3.25. The number of furan rings is 1. The highest BCUT2D eigenvalue weighted by atomic mass is 79.9. The predicted octanol–water partition coefficient (Wildman–Crippen LogP) is 2.68. The van der Waals surface area contributed by atoms with E-state index in [-0.39, 0.29) is 6.04 Å². The van der Waals surface area contributed by atoms with Crippen molar-refractivity contribution in [3.8, 4) is 0 Å². The molecule has 0 amide bonds. The molecule has 0 saturated carbocycles. The van der Waals surface area contributed by atoms with E-state index in [0.29, 0.717) is 4.67 Å². The maximum absolute atomic E-state index is 6.00. The van der Waals surface area contributed by atoms with Gasteiger partial charge in [0.25, 0.3) is 0 Å². The summed E-state index contributed by atoms with van der Waals surface area (Å²) in [6.45, 7) is 0. The van der Waals surface area contributed by atoms with E-state index in [1.54, 1.807) is 6.20 Å². The molecule has 0 saturated heterocycles. The lowest BCUT2D eigenvalue weighted by Crippen LogP contribution is -2.12. The van der Waals surface area contributed by atoms with Gasteiger partial charge in [-0.15, -0.1) is 0 Å². The standard InChI is InChI=1S/C11H11BrN2O/c12-11-4-3-10(15-11)9(13)6-8-2-1-5-14-7-8/h1-5,7,9H,6,13H2. The second kappa shape index (κ2) is 4.59. The van der Waals surface area contributed by atoms with Crippen LogP contribution in [0, 0.1) is 0 Å². The lowest BCUT2D eigenvalue weighted by Gasteiger charge is -2.07. The molecule has 0 aliphatic rings. The topological polar surface area (TPSA) is 52.0 Å². The van der Waals surface area contributed by atoms with Gasteiger partial charge in [0.15, 0.2) is 4.67 Å². The Bertz CT molecular complexity index is 427. The van der Waals surface area contributed by atoms with Crippen LogP contribution in [0.2, 0.25) is 0 Å². The lowest BCUT2D eigenvalue weighted by molar-refractivity contribution is 0.448. The molecule has 2 aromatic rings. The van der Waals surface area contributed by atoms with E-state index >= 15 is 0 Å². The molecule has 0 fully saturated rings. The minimum absolute atomic E-state index is 0.125. The number of aromatic nitrogens is 1. The molecule has 1 unspecified atom stereocenters. The molecular formula is C11H11BrN2O. The lowest BCUT2D eigenvalue weighted by atomic mass is 10.1. The number of rotatable bonds is 3. The van der Waals surface area contributed by atoms with Crippen molar-refractivity contribution in [2.75, 3.05) is 0 Å². The van der Waals surface area contributed by atoms with Gasteiger partial charge in [-0.3, -0.25) is 4.98 Å². The Labute approximate surface area is 96.4 Å². The van der Waals surface area contributed by atoms with Crippen LogP contribution in [0.25, 0.3) is 0 Å². The molecule has 2 N–H and O–H groups in total. The summed E-state index contributed by atoms with van der Waals surface area (Å²) in [5.41, 5.74) is 7.11. The van der Waals surface area contributed by atoms with E-state index in [1.165, 1.54) is 0 Å². The Morgan fingerprint density at radius 1 is 1.40 bits per heavy atom. The van der Waals surface area contributed by atoms with Gasteiger partial charge in [-0.05, 0) is 46.1 Å². The number of halogens is 1. The normalized spacial score (nSPS) is 12.7. The smallest absolute Gasteiger partial charge is 0.169 e. The molecule has 0 bridgehead atoms. The van der Waals surface area contributed by atoms with Gasteiger partial charge < -0.3 is 10.2 Å². The first-order valence-corrected chi connectivity index (χ1v) is 5.45. The molecule has 1 atom stereocenters. The Morgan fingerprint density at radius 3 is 2.87 bits per heavy atom. The average molecular weight is 267 g/mol. The third kappa shape index (κ3) is 2.67. The van der Waals surface area contributed by atoms with E-state index in [9.17, 15) is 0 Å². The number of hydrogen-bond acceptors (Lipinski definition) is 3. The van der Waals surface area contributed by atoms with Crippen LogP contribution < -0.4 is 5.73 Å². The monoisotopic (exact) mass is 266 g/mol. The summed E-state index contributed by atoms with van der Waals surface area (Å²) in [7, 11) is 0. The second-order valence-electron chi connectivity index (χ2n) is 3.31. The third-order valence-electron chi connectivity index (χ3n) is 2.14. The van der Waals surface area contributed by atoms with Crippen LogP contribution in [-0.2, 0) is 6.42 Å². The average Bonchev–Trinajstić information content (AvgIpc) is 2.66. The van der Waals surface area contributed by atoms with Crippen molar-refractivity contribution < 1.29 is 4.42 Å². The molecular weight excluding hydrogens is 256 g/mol. The summed E-state index contributed by atoms with van der Waals surface area (Å²) in [5, 5.41) is 0. The molecule has 2 heterocycles. The molecule has 0 radical (unpaired) electrons. The van der Waals surface area contributed by atoms with Crippen molar-refractivity contribution in [2.24, 2.45) is 5.73 Å². The van der Waals surface area contributed by atoms with Crippen molar-refractivity contribution in [1.29, 1.82) is 0 Å². The molecule has 0 aliphatic carbocycles. The quantitative estimate of drug-likeness (QED) is 0.930. The van der Waals surface area contributed by atoms with E-state index in [2.05, 4.69) is 20.9 Å². The molecule has 4 heteroatoms. The number of nitrogens with two attached hydrogens (primary N) is 1. The molecule has 78 valence electrons. The largest absolute Gasteiger partial charge is 0.453 e. The zero-order chi connectivity index (χ0) is 10.7. The first-order chi connectivity index (χ1) is 7.25. The van der Waals surface area contributed by atoms with E-state index in [0.717, 1.165) is 17.7 Å². The fourth-order valence-corrected chi connectivity index (χ4v) is 1.72. The van der Waals surface area contributed by atoms with Crippen molar-refractivity contribution >= 4 is 15.9 Å². The highest BCUT2D eigenvalue weighted by molar-refractivity contribution is 9.10. The van der Waals surface area contributed by atoms with Gasteiger partial charge in [-0.2, -0.15) is 0 Å². The number of nitrogens with zero attached hydrogens (tertiary/aromatic N) is 1. The van der Waals surface area contributed by atoms with Gasteiger partial charge in [0.1, 0.15) is 5.76 Å². The van der Waals surface area contributed by atoms with Crippen molar-refractivity contribution in [3.05, 3.63) is 52.7 Å². The summed E-state index contributed by atoms with van der Waals surface area (Å²) in [6.07, 6.45) is 4.30. The van der Waals surface area contributed by atoms with Crippen LogP contribution in [0.3, 0.4) is 0 Å². The van der Waals surface area contributed by atoms with Crippen LogP contribution in [0.15, 0.2) is 45.7 Å². The first kappa shape index (κ1) is 10.4. The maximum atomic E-state index is 6.00. The van der Waals surface area contributed by atoms with Gasteiger partial charge >= 0.3 is 0 Å². The first-order valence-electron chi connectivity index (χ1n) is 4.65. The molecule has 0 spiro atoms. The fourth-order valence-electron chi connectivity index (χ4n) is 1.40. The summed E-state index contributed by atoms with van der Waals surface area (Å²) in [4.78, 5) is 4.04. The number of hydrogen-bond donors (Lipinski definition) is 1. The summed E-state index contributed by atoms with van der Waals surface area (Å²) < 4.78 is 6.10. The summed E-state index contributed by atoms with van der Waals surface area (Å²) in [5.74, 6) is 0.783. The minimum Gasteiger partial charge on any atom is -0.453 e. The van der Waals surface area contributed by atoms with E-state index < -0.39 is 0 Å². The van der Waals surface area contributed by atoms with Gasteiger partial charge in [-0.1, -0.05) is 6.07 Å². The Kier molecular flexibility index (Phi) is 3.18. The SMILES string of the molecule is NC(Cc1cccnc1)c1ccc(Br)o1. The Morgan fingerprint density at radius 2 is 2.27 bits per heavy atom. The van der Waals surface area contributed by atoms with Crippen LogP contribution >= 0.6 is 15.9 Å². The predicted molar refractivity (Wildman–Crippen MR) is 61.3 cm³/mol. The zero-order valence-electron chi connectivity index (χ0n) is 8.06. The van der Waals surface area contributed by atoms with Crippen LogP contribution in [0.4, 0.5) is 0 Å². The van der Waals surface area contributed by atoms with Crippen molar-refractivity contribution in [1.82, 2.24) is 4.98 Å². The van der Waals surface area contributed by atoms with E-state index in [1.807, 2.05) is 30.5 Å². The zero-order valence-corrected chi connectivity index (χ0v) is 9.65. The maximum Gasteiger partial charge on any atom is 0.169 e. The highest BCUT2D eigenvalue weighted by Crippen LogP contribution is 2.21. The van der Waals surface area contributed by atoms with Gasteiger partial charge in [0.05, 0.1) is 6.04 Å². The molecule has 3 nitrogen and oxygen atoms in total. The third-order valence-corrected chi connectivity index (χ3v) is 2.56. The minimum atomic E-state index is -0.125. The van der Waals surface area contributed by atoms with Gasteiger partial charge in [0, 0.05) is 12.4 Å². The number of pyridine rings is 1. The van der Waals surface area contributed by atoms with Gasteiger partial charge in [0.2, 0.25) is 0 Å². The molecule has 0 aromatic carbocycles. The van der Waals surface area contributed by atoms with Crippen LogP contribution in [0.5, 0.6) is 0 Å². The summed E-state index contributed by atoms with van der Waals surface area (Å²) in [6, 6.07) is 7.51. The van der Waals surface area contributed by atoms with E-state index in [4.69, 9.17) is 10.2 Å². The van der Waals surface area contributed by atoms with Crippen LogP contribution in [0.1, 0.15) is 17.4 Å². The van der Waals surface area contributed by atoms with Crippen LogP contribution in [-0.4, -0.2) is 4.98 Å². The van der Waals surface area contributed by atoms with Crippen molar-refractivity contribution in [2.45, 2.75) is 12.5 Å². The van der Waals surface area contributed by atoms with Crippen molar-refractivity contribution in [3.63, 3.8) is 0 Å². The molecule has 2 aromatic heterocycles. The second-order valence-corrected chi connectivity index (χ2v) is 4.10.